The van der Waals surface area contributed by atoms with Crippen molar-refractivity contribution in [1.29, 1.82) is 0 Å². The molecule has 0 aliphatic heterocycles. The van der Waals surface area contributed by atoms with Gasteiger partial charge in [-0.05, 0) is 36.4 Å². The molecule has 8 heteroatoms. The lowest BCUT2D eigenvalue weighted by atomic mass is 10.0. The predicted octanol–water partition coefficient (Wildman–Crippen LogP) is 13.6. The van der Waals surface area contributed by atoms with Crippen molar-refractivity contribution in [2.45, 2.75) is 0 Å². The lowest BCUT2D eigenvalue weighted by molar-refractivity contribution is 0.669. The Morgan fingerprint density at radius 2 is 0.930 bits per heavy atom. The molecule has 0 saturated carbocycles. The van der Waals surface area contributed by atoms with Gasteiger partial charge in [0.1, 0.15) is 11.2 Å². The molecule has 0 fully saturated rings. The van der Waals surface area contributed by atoms with Crippen LogP contribution in [0.1, 0.15) is 0 Å². The zero-order chi connectivity index (χ0) is 37.5. The van der Waals surface area contributed by atoms with Crippen LogP contribution in [0.3, 0.4) is 0 Å². The number of furan rings is 1. The van der Waals surface area contributed by atoms with Crippen LogP contribution in [0.15, 0.2) is 168 Å². The van der Waals surface area contributed by atoms with Crippen LogP contribution < -0.4 is 0 Å². The Morgan fingerprint density at radius 3 is 1.63 bits per heavy atom. The molecule has 266 valence electrons. The molecule has 7 aromatic carbocycles. The summed E-state index contributed by atoms with van der Waals surface area (Å²) in [4.78, 5) is 26.1. The summed E-state index contributed by atoms with van der Waals surface area (Å²) in [5, 5.41) is 5.45. The summed E-state index contributed by atoms with van der Waals surface area (Å²) >= 11 is 3.48. The number of thiophene rings is 2. The van der Waals surface area contributed by atoms with Gasteiger partial charge >= 0.3 is 0 Å². The van der Waals surface area contributed by atoms with Gasteiger partial charge in [0.05, 0.1) is 15.9 Å². The van der Waals surface area contributed by atoms with Crippen molar-refractivity contribution in [3.05, 3.63) is 164 Å². The number of benzene rings is 7. The molecule has 12 rings (SSSR count). The van der Waals surface area contributed by atoms with Crippen molar-refractivity contribution in [3.63, 3.8) is 0 Å². The van der Waals surface area contributed by atoms with Gasteiger partial charge in [0.25, 0.3) is 0 Å². The number of hydrogen-bond acceptors (Lipinski definition) is 8. The molecular weight excluding hydrogens is 739 g/mol. The largest absolute Gasteiger partial charge is 0.456 e. The molecule has 5 heterocycles. The van der Waals surface area contributed by atoms with Gasteiger partial charge < -0.3 is 4.42 Å². The Bertz CT molecular complexity index is 3480. The number of aromatic nitrogens is 5. The van der Waals surface area contributed by atoms with Crippen molar-refractivity contribution in [3.8, 4) is 56.8 Å². The van der Waals surface area contributed by atoms with E-state index in [0.29, 0.717) is 23.3 Å². The minimum absolute atomic E-state index is 0.614. The van der Waals surface area contributed by atoms with Crippen LogP contribution in [0.4, 0.5) is 0 Å². The van der Waals surface area contributed by atoms with E-state index in [9.17, 15) is 0 Å². The molecule has 0 atom stereocenters. The number of fused-ring (bicyclic) bond motifs is 9. The zero-order valence-corrected chi connectivity index (χ0v) is 31.7. The van der Waals surface area contributed by atoms with Crippen LogP contribution in [0.5, 0.6) is 0 Å². The second kappa shape index (κ2) is 12.7. The summed E-state index contributed by atoms with van der Waals surface area (Å²) < 4.78 is 10.9. The first kappa shape index (κ1) is 32.1. The van der Waals surface area contributed by atoms with Gasteiger partial charge in [0.2, 0.25) is 0 Å². The average molecular weight is 766 g/mol. The lowest BCUT2D eigenvalue weighted by Crippen LogP contribution is -2.00. The summed E-state index contributed by atoms with van der Waals surface area (Å²) in [6.07, 6.45) is 0. The summed E-state index contributed by atoms with van der Waals surface area (Å²) in [5.74, 6) is 2.53. The normalized spacial score (nSPS) is 11.9. The second-order valence-electron chi connectivity index (χ2n) is 14.0. The first-order valence-corrected chi connectivity index (χ1v) is 20.3. The molecule has 0 saturated heterocycles. The summed E-state index contributed by atoms with van der Waals surface area (Å²) in [5.41, 5.74) is 8.26. The van der Waals surface area contributed by atoms with Crippen molar-refractivity contribution in [2.24, 2.45) is 0 Å². The van der Waals surface area contributed by atoms with E-state index in [1.54, 1.807) is 22.7 Å². The minimum Gasteiger partial charge on any atom is -0.456 e. The smallest absolute Gasteiger partial charge is 0.164 e. The van der Waals surface area contributed by atoms with Gasteiger partial charge in [-0.3, -0.25) is 0 Å². The van der Waals surface area contributed by atoms with Gasteiger partial charge in [0, 0.05) is 68.8 Å². The van der Waals surface area contributed by atoms with Crippen LogP contribution in [0.2, 0.25) is 0 Å². The van der Waals surface area contributed by atoms with E-state index in [0.717, 1.165) is 91.2 Å². The molecule has 0 unspecified atom stereocenters. The van der Waals surface area contributed by atoms with E-state index in [2.05, 4.69) is 84.9 Å². The first-order chi connectivity index (χ1) is 28.2. The predicted molar refractivity (Wildman–Crippen MR) is 236 cm³/mol. The number of hydrogen-bond donors (Lipinski definition) is 0. The van der Waals surface area contributed by atoms with E-state index < -0.39 is 0 Å². The molecule has 0 radical (unpaired) electrons. The van der Waals surface area contributed by atoms with Crippen LogP contribution in [0, 0.1) is 0 Å². The van der Waals surface area contributed by atoms with E-state index in [-0.39, 0.29) is 0 Å². The SMILES string of the molecule is c1ccc(-c2nc(-c3ccccc3)nc(-c3cccc4sc5cccc(-c6nc(-c7ccc8c(c7)oc7ccccc78)c7sc8ccccc8c7n6)c5c34)n2)cc1. The molecule has 0 spiro atoms. The van der Waals surface area contributed by atoms with E-state index >= 15 is 0 Å². The Kier molecular flexibility index (Phi) is 7.17. The second-order valence-corrected chi connectivity index (χ2v) is 16.1. The van der Waals surface area contributed by atoms with Gasteiger partial charge in [-0.15, -0.1) is 22.7 Å². The summed E-state index contributed by atoms with van der Waals surface area (Å²) in [6, 6.07) is 56.1. The molecular formula is C49H27N5OS2. The third kappa shape index (κ3) is 5.19. The number of rotatable bonds is 5. The highest BCUT2D eigenvalue weighted by Gasteiger charge is 2.23. The molecule has 0 amide bonds. The highest BCUT2D eigenvalue weighted by atomic mass is 32.1. The molecule has 0 bridgehead atoms. The standard InChI is InChI=1S/C49H27N5OS2/c1-3-13-28(14-4-1)46-52-47(29-15-5-2-6-16-29)54-49(53-46)35-20-12-24-40-42(35)41-34(19-11-23-39(41)56-40)48-50-43(45-44(51-48)33-18-8-10-22-38(33)57-45)30-25-26-32-31-17-7-9-21-36(31)55-37(32)27-30/h1-27H. The van der Waals surface area contributed by atoms with Crippen LogP contribution in [0.25, 0.3) is 119 Å². The van der Waals surface area contributed by atoms with Gasteiger partial charge in [-0.1, -0.05) is 127 Å². The molecule has 6 nitrogen and oxygen atoms in total. The first-order valence-electron chi connectivity index (χ1n) is 18.7. The monoisotopic (exact) mass is 765 g/mol. The number of para-hydroxylation sites is 1. The third-order valence-electron chi connectivity index (χ3n) is 10.6. The van der Waals surface area contributed by atoms with Crippen molar-refractivity contribution in [2.75, 3.05) is 0 Å². The lowest BCUT2D eigenvalue weighted by Gasteiger charge is -2.11. The van der Waals surface area contributed by atoms with Crippen LogP contribution in [-0.4, -0.2) is 24.9 Å². The third-order valence-corrected chi connectivity index (χ3v) is 12.9. The van der Waals surface area contributed by atoms with Crippen molar-refractivity contribution in [1.82, 2.24) is 24.9 Å². The fourth-order valence-corrected chi connectivity index (χ4v) is 10.3. The molecule has 5 aromatic heterocycles. The maximum Gasteiger partial charge on any atom is 0.164 e. The molecule has 0 aliphatic carbocycles. The average Bonchev–Trinajstić information content (AvgIpc) is 3.97. The van der Waals surface area contributed by atoms with Crippen LogP contribution >= 0.6 is 22.7 Å². The Balaban J connectivity index is 1.12. The number of nitrogens with zero attached hydrogens (tertiary/aromatic N) is 5. The van der Waals surface area contributed by atoms with E-state index in [4.69, 9.17) is 29.3 Å². The van der Waals surface area contributed by atoms with E-state index in [1.807, 2.05) is 78.9 Å². The van der Waals surface area contributed by atoms with Gasteiger partial charge in [-0.25, -0.2) is 24.9 Å². The van der Waals surface area contributed by atoms with E-state index in [1.165, 1.54) is 4.70 Å². The van der Waals surface area contributed by atoms with Gasteiger partial charge in [-0.2, -0.15) is 0 Å². The maximum atomic E-state index is 6.37. The topological polar surface area (TPSA) is 77.6 Å². The quantitative estimate of drug-likeness (QED) is 0.174. The zero-order valence-electron chi connectivity index (χ0n) is 30.0. The fourth-order valence-electron chi connectivity index (χ4n) is 7.95. The Morgan fingerprint density at radius 1 is 0.368 bits per heavy atom. The summed E-state index contributed by atoms with van der Waals surface area (Å²) in [6.45, 7) is 0. The highest BCUT2D eigenvalue weighted by Crippen LogP contribution is 2.46. The Hall–Kier alpha value is -7.13. The van der Waals surface area contributed by atoms with Crippen LogP contribution in [-0.2, 0) is 0 Å². The fraction of sp³-hybridized carbons (Fsp3) is 0. The molecule has 57 heavy (non-hydrogen) atoms. The maximum absolute atomic E-state index is 6.37. The van der Waals surface area contributed by atoms with Gasteiger partial charge in [0.15, 0.2) is 23.3 Å². The van der Waals surface area contributed by atoms with Crippen molar-refractivity contribution < 1.29 is 4.42 Å². The molecule has 12 aromatic rings. The highest BCUT2D eigenvalue weighted by molar-refractivity contribution is 7.26. The van der Waals surface area contributed by atoms with Crippen molar-refractivity contribution >= 4 is 85.1 Å². The summed E-state index contributed by atoms with van der Waals surface area (Å²) in [7, 11) is 0. The Labute approximate surface area is 333 Å². The molecule has 0 N–H and O–H groups in total. The molecule has 0 aliphatic rings. The minimum atomic E-state index is 0.614.